The third kappa shape index (κ3) is 6.23. The van der Waals surface area contributed by atoms with Gasteiger partial charge in [-0.15, -0.1) is 0 Å². The predicted octanol–water partition coefficient (Wildman–Crippen LogP) is 4.95. The third-order valence-electron chi connectivity index (χ3n) is 6.67. The summed E-state index contributed by atoms with van der Waals surface area (Å²) in [4.78, 5) is 27.5. The van der Waals surface area contributed by atoms with E-state index in [9.17, 15) is 9.59 Å². The molecule has 1 atom stereocenters. The van der Waals surface area contributed by atoms with Gasteiger partial charge in [-0.25, -0.2) is 4.79 Å². The van der Waals surface area contributed by atoms with Crippen LogP contribution in [0.25, 0.3) is 0 Å². The van der Waals surface area contributed by atoms with Gasteiger partial charge in [-0.2, -0.15) is 0 Å². The molecule has 0 spiro atoms. The summed E-state index contributed by atoms with van der Waals surface area (Å²) in [5, 5.41) is 6.37. The number of benzene rings is 1. The molecule has 1 saturated heterocycles. The molecular formula is C25H39N3O2. The average molecular weight is 414 g/mol. The first-order valence-corrected chi connectivity index (χ1v) is 11.9. The summed E-state index contributed by atoms with van der Waals surface area (Å²) in [5.74, 6) is 1.07. The highest BCUT2D eigenvalue weighted by molar-refractivity contribution is 5.79. The number of aryl methyl sites for hydroxylation is 1. The lowest BCUT2D eigenvalue weighted by molar-refractivity contribution is -0.137. The van der Waals surface area contributed by atoms with E-state index in [1.54, 1.807) is 0 Å². The van der Waals surface area contributed by atoms with Gasteiger partial charge in [0.25, 0.3) is 0 Å². The van der Waals surface area contributed by atoms with Gasteiger partial charge in [-0.05, 0) is 56.1 Å². The van der Waals surface area contributed by atoms with E-state index in [-0.39, 0.29) is 24.0 Å². The Morgan fingerprint density at radius 3 is 2.33 bits per heavy atom. The van der Waals surface area contributed by atoms with Crippen LogP contribution in [0.3, 0.4) is 0 Å². The summed E-state index contributed by atoms with van der Waals surface area (Å²) in [5.41, 5.74) is 2.40. The second-order valence-electron chi connectivity index (χ2n) is 9.59. The first-order chi connectivity index (χ1) is 14.4. The van der Waals surface area contributed by atoms with Gasteiger partial charge in [0.05, 0.1) is 6.04 Å². The fourth-order valence-electron chi connectivity index (χ4n) is 4.95. The fraction of sp³-hybridized carbons (Fsp3) is 0.680. The van der Waals surface area contributed by atoms with Crippen LogP contribution < -0.4 is 10.6 Å². The Morgan fingerprint density at radius 1 is 1.03 bits per heavy atom. The molecule has 3 rings (SSSR count). The Kier molecular flexibility index (Phi) is 8.17. The number of nitrogens with one attached hydrogen (secondary N) is 2. The summed E-state index contributed by atoms with van der Waals surface area (Å²) in [6.45, 7) is 7.98. The number of rotatable bonds is 6. The van der Waals surface area contributed by atoms with Crippen LogP contribution in [0, 0.1) is 18.8 Å². The van der Waals surface area contributed by atoms with E-state index in [4.69, 9.17) is 0 Å². The molecule has 5 heteroatoms. The van der Waals surface area contributed by atoms with E-state index in [1.807, 2.05) is 17.0 Å². The van der Waals surface area contributed by atoms with E-state index in [0.29, 0.717) is 11.8 Å². The summed E-state index contributed by atoms with van der Waals surface area (Å²) >= 11 is 0. The second-order valence-corrected chi connectivity index (χ2v) is 9.59. The summed E-state index contributed by atoms with van der Waals surface area (Å²) in [7, 11) is 0. The van der Waals surface area contributed by atoms with Gasteiger partial charge in [0.1, 0.15) is 0 Å². The molecule has 30 heavy (non-hydrogen) atoms. The van der Waals surface area contributed by atoms with Gasteiger partial charge >= 0.3 is 6.03 Å². The lowest BCUT2D eigenvalue weighted by Crippen LogP contribution is -2.50. The molecule has 1 aliphatic heterocycles. The van der Waals surface area contributed by atoms with Crippen molar-refractivity contribution in [2.45, 2.75) is 84.2 Å². The SMILES string of the molecule is Cc1ccccc1C(CC(C)C)NC(=O)NC1CCN(C(=O)C2CCCCC2)CC1. The van der Waals surface area contributed by atoms with Crippen LogP contribution in [0.1, 0.15) is 82.4 Å². The van der Waals surface area contributed by atoms with Crippen molar-refractivity contribution in [1.29, 1.82) is 0 Å². The maximum Gasteiger partial charge on any atom is 0.315 e. The highest BCUT2D eigenvalue weighted by Gasteiger charge is 2.30. The molecule has 1 aliphatic carbocycles. The van der Waals surface area contributed by atoms with Crippen molar-refractivity contribution >= 4 is 11.9 Å². The lowest BCUT2D eigenvalue weighted by Gasteiger charge is -2.35. The number of carbonyl (C=O) groups is 2. The monoisotopic (exact) mass is 413 g/mol. The number of nitrogens with zero attached hydrogens (tertiary/aromatic N) is 1. The van der Waals surface area contributed by atoms with Crippen LogP contribution in [0.15, 0.2) is 24.3 Å². The maximum atomic E-state index is 12.7. The Labute approximate surface area is 182 Å². The van der Waals surface area contributed by atoms with Gasteiger partial charge in [-0.1, -0.05) is 57.4 Å². The van der Waals surface area contributed by atoms with Crippen molar-refractivity contribution in [2.75, 3.05) is 13.1 Å². The molecular weight excluding hydrogens is 374 g/mol. The largest absolute Gasteiger partial charge is 0.342 e. The first kappa shape index (κ1) is 22.6. The highest BCUT2D eigenvalue weighted by atomic mass is 16.2. The molecule has 5 nitrogen and oxygen atoms in total. The molecule has 2 aliphatic rings. The normalized spacial score (nSPS) is 19.5. The smallest absolute Gasteiger partial charge is 0.315 e. The predicted molar refractivity (Wildman–Crippen MR) is 121 cm³/mol. The van der Waals surface area contributed by atoms with Gasteiger partial charge < -0.3 is 15.5 Å². The molecule has 3 amide bonds. The van der Waals surface area contributed by atoms with E-state index in [0.717, 1.165) is 45.2 Å². The van der Waals surface area contributed by atoms with E-state index in [1.165, 1.54) is 30.4 Å². The lowest BCUT2D eigenvalue weighted by atomic mass is 9.87. The van der Waals surface area contributed by atoms with Crippen LogP contribution in [-0.2, 0) is 4.79 Å². The molecule has 166 valence electrons. The molecule has 1 aromatic rings. The Morgan fingerprint density at radius 2 is 1.70 bits per heavy atom. The Bertz CT molecular complexity index is 704. The first-order valence-electron chi connectivity index (χ1n) is 11.9. The Hall–Kier alpha value is -2.04. The fourth-order valence-corrected chi connectivity index (χ4v) is 4.95. The Balaban J connectivity index is 1.49. The minimum absolute atomic E-state index is 0.0131. The third-order valence-corrected chi connectivity index (χ3v) is 6.67. The molecule has 1 heterocycles. The van der Waals surface area contributed by atoms with E-state index < -0.39 is 0 Å². The standard InChI is InChI=1S/C25H39N3O2/c1-18(2)17-23(22-12-8-7-9-19(22)3)27-25(30)26-21-13-15-28(16-14-21)24(29)20-10-5-4-6-11-20/h7-9,12,18,20-21,23H,4-6,10-11,13-17H2,1-3H3,(H2,26,27,30). The van der Waals surface area contributed by atoms with Crippen LogP contribution in [0.2, 0.25) is 0 Å². The topological polar surface area (TPSA) is 61.4 Å². The minimum atomic E-state index is -0.0963. The van der Waals surface area contributed by atoms with Crippen LogP contribution >= 0.6 is 0 Å². The zero-order chi connectivity index (χ0) is 21.5. The zero-order valence-corrected chi connectivity index (χ0v) is 19.0. The van der Waals surface area contributed by atoms with Crippen molar-refractivity contribution in [3.63, 3.8) is 0 Å². The quantitative estimate of drug-likeness (QED) is 0.693. The van der Waals surface area contributed by atoms with Gasteiger partial charge in [0.15, 0.2) is 0 Å². The van der Waals surface area contributed by atoms with Gasteiger partial charge in [-0.3, -0.25) is 4.79 Å². The van der Waals surface area contributed by atoms with Crippen molar-refractivity contribution in [3.05, 3.63) is 35.4 Å². The zero-order valence-electron chi connectivity index (χ0n) is 19.0. The molecule has 1 aromatic carbocycles. The van der Waals surface area contributed by atoms with Crippen LogP contribution in [0.5, 0.6) is 0 Å². The number of carbonyl (C=O) groups excluding carboxylic acids is 2. The minimum Gasteiger partial charge on any atom is -0.342 e. The number of hydrogen-bond donors (Lipinski definition) is 2. The van der Waals surface area contributed by atoms with Gasteiger partial charge in [0.2, 0.25) is 5.91 Å². The molecule has 0 radical (unpaired) electrons. The van der Waals surface area contributed by atoms with Crippen LogP contribution in [-0.4, -0.2) is 36.0 Å². The number of piperidine rings is 1. The van der Waals surface area contributed by atoms with Crippen molar-refractivity contribution < 1.29 is 9.59 Å². The summed E-state index contributed by atoms with van der Waals surface area (Å²) in [6, 6.07) is 8.33. The number of hydrogen-bond acceptors (Lipinski definition) is 2. The summed E-state index contributed by atoms with van der Waals surface area (Å²) < 4.78 is 0. The summed E-state index contributed by atoms with van der Waals surface area (Å²) in [6.07, 6.45) is 8.33. The van der Waals surface area contributed by atoms with Gasteiger partial charge in [0, 0.05) is 25.0 Å². The number of urea groups is 1. The average Bonchev–Trinajstić information content (AvgIpc) is 2.74. The van der Waals surface area contributed by atoms with E-state index >= 15 is 0 Å². The van der Waals surface area contributed by atoms with Crippen molar-refractivity contribution in [1.82, 2.24) is 15.5 Å². The van der Waals surface area contributed by atoms with Crippen LogP contribution in [0.4, 0.5) is 4.79 Å². The van der Waals surface area contributed by atoms with Crippen molar-refractivity contribution in [2.24, 2.45) is 11.8 Å². The second kappa shape index (κ2) is 10.8. The maximum absolute atomic E-state index is 12.7. The molecule has 2 fully saturated rings. The number of likely N-dealkylation sites (tertiary alicyclic amines) is 1. The van der Waals surface area contributed by atoms with Crippen molar-refractivity contribution in [3.8, 4) is 0 Å². The highest BCUT2D eigenvalue weighted by Crippen LogP contribution is 2.27. The number of amides is 3. The molecule has 0 aromatic heterocycles. The molecule has 2 N–H and O–H groups in total. The molecule has 1 saturated carbocycles. The molecule has 1 unspecified atom stereocenters. The molecule has 0 bridgehead atoms. The van der Waals surface area contributed by atoms with E-state index in [2.05, 4.69) is 43.5 Å².